The number of esters is 1. The highest BCUT2D eigenvalue weighted by molar-refractivity contribution is 5.70. The molecule has 0 fully saturated rings. The second kappa shape index (κ2) is 6.21. The number of methoxy groups -OCH3 is 1. The van der Waals surface area contributed by atoms with Crippen molar-refractivity contribution in [2.45, 2.75) is 26.3 Å². The van der Waals surface area contributed by atoms with E-state index in [0.29, 0.717) is 17.9 Å². The highest BCUT2D eigenvalue weighted by Gasteiger charge is 2.12. The van der Waals surface area contributed by atoms with E-state index in [1.807, 2.05) is 13.0 Å². The Morgan fingerprint density at radius 1 is 1.39 bits per heavy atom. The summed E-state index contributed by atoms with van der Waals surface area (Å²) < 4.78 is 10.2. The van der Waals surface area contributed by atoms with Gasteiger partial charge in [0.15, 0.2) is 11.5 Å². The van der Waals surface area contributed by atoms with E-state index >= 15 is 0 Å². The Bertz CT molecular complexity index is 454. The zero-order valence-electron chi connectivity index (χ0n) is 11.0. The van der Waals surface area contributed by atoms with Crippen molar-refractivity contribution in [3.05, 3.63) is 35.9 Å². The molecule has 4 nitrogen and oxygen atoms in total. The lowest BCUT2D eigenvalue weighted by Gasteiger charge is -2.15. The Morgan fingerprint density at radius 3 is 2.56 bits per heavy atom. The summed E-state index contributed by atoms with van der Waals surface area (Å²) in [6, 6.07) is 5.16. The van der Waals surface area contributed by atoms with Gasteiger partial charge in [-0.15, -0.1) is 6.58 Å². The van der Waals surface area contributed by atoms with Crippen molar-refractivity contribution in [3.8, 4) is 11.5 Å². The van der Waals surface area contributed by atoms with Gasteiger partial charge in [0.25, 0.3) is 0 Å². The van der Waals surface area contributed by atoms with E-state index in [9.17, 15) is 4.79 Å². The van der Waals surface area contributed by atoms with Crippen LogP contribution in [0.25, 0.3) is 0 Å². The van der Waals surface area contributed by atoms with Gasteiger partial charge in [-0.1, -0.05) is 11.6 Å². The molecule has 0 amide bonds. The van der Waals surface area contributed by atoms with E-state index < -0.39 is 0 Å². The number of hydrogen-bond donors (Lipinski definition) is 1. The van der Waals surface area contributed by atoms with Crippen LogP contribution in [-0.4, -0.2) is 13.1 Å². The Labute approximate surface area is 107 Å². The minimum absolute atomic E-state index is 0.136. The maximum absolute atomic E-state index is 10.9. The molecular weight excluding hydrogens is 230 g/mol. The van der Waals surface area contributed by atoms with E-state index in [2.05, 4.69) is 6.58 Å². The molecule has 0 aliphatic rings. The van der Waals surface area contributed by atoms with Gasteiger partial charge in [-0.05, 0) is 31.0 Å². The largest absolute Gasteiger partial charge is 0.493 e. The summed E-state index contributed by atoms with van der Waals surface area (Å²) >= 11 is 0. The number of ether oxygens (including phenoxy) is 2. The van der Waals surface area contributed by atoms with Gasteiger partial charge in [-0.2, -0.15) is 0 Å². The first kappa shape index (κ1) is 14.3. The average Bonchev–Trinajstić information content (AvgIpc) is 2.27. The first-order valence-electron chi connectivity index (χ1n) is 5.70. The molecule has 0 bridgehead atoms. The Hall–Kier alpha value is -1.81. The van der Waals surface area contributed by atoms with Crippen LogP contribution in [-0.2, 0) is 4.79 Å². The van der Waals surface area contributed by atoms with Crippen LogP contribution in [0.15, 0.2) is 30.4 Å². The van der Waals surface area contributed by atoms with Crippen molar-refractivity contribution in [3.63, 3.8) is 0 Å². The first-order chi connectivity index (χ1) is 8.43. The molecule has 0 heterocycles. The predicted octanol–water partition coefficient (Wildman–Crippen LogP) is 2.59. The third-order valence-electron chi connectivity index (χ3n) is 2.44. The van der Waals surface area contributed by atoms with Crippen LogP contribution < -0.4 is 15.2 Å². The highest BCUT2D eigenvalue weighted by Crippen LogP contribution is 2.31. The summed E-state index contributed by atoms with van der Waals surface area (Å²) in [6.07, 6.45) is 0.704. The standard InChI is InChI=1S/C14H19NO3/c1-9(2)7-12(15)11-5-6-13(18-10(3)16)14(8-11)17-4/h5-6,8,12H,1,7,15H2,2-4H3/t12-/m0/s1. The van der Waals surface area contributed by atoms with Crippen molar-refractivity contribution in [2.75, 3.05) is 7.11 Å². The lowest BCUT2D eigenvalue weighted by atomic mass is 10.0. The zero-order valence-corrected chi connectivity index (χ0v) is 11.0. The fraction of sp³-hybridized carbons (Fsp3) is 0.357. The number of nitrogens with two attached hydrogens (primary N) is 1. The fourth-order valence-electron chi connectivity index (χ4n) is 1.65. The Balaban J connectivity index is 2.97. The van der Waals surface area contributed by atoms with Gasteiger partial charge >= 0.3 is 5.97 Å². The zero-order chi connectivity index (χ0) is 13.7. The predicted molar refractivity (Wildman–Crippen MR) is 70.7 cm³/mol. The molecule has 0 spiro atoms. The van der Waals surface area contributed by atoms with Gasteiger partial charge < -0.3 is 15.2 Å². The van der Waals surface area contributed by atoms with Crippen LogP contribution in [0.4, 0.5) is 0 Å². The van der Waals surface area contributed by atoms with Crippen molar-refractivity contribution in [2.24, 2.45) is 5.73 Å². The maximum atomic E-state index is 10.9. The lowest BCUT2D eigenvalue weighted by Crippen LogP contribution is -2.11. The second-order valence-electron chi connectivity index (χ2n) is 4.27. The Kier molecular flexibility index (Phi) is 4.92. The van der Waals surface area contributed by atoms with Crippen molar-refractivity contribution < 1.29 is 14.3 Å². The van der Waals surface area contributed by atoms with Crippen LogP contribution in [0.3, 0.4) is 0 Å². The SMILES string of the molecule is C=C(C)C[C@H](N)c1ccc(OC(C)=O)c(OC)c1. The molecule has 0 aromatic heterocycles. The summed E-state index contributed by atoms with van der Waals surface area (Å²) in [6.45, 7) is 7.12. The Morgan fingerprint density at radius 2 is 2.06 bits per heavy atom. The maximum Gasteiger partial charge on any atom is 0.308 e. The minimum atomic E-state index is -0.382. The molecule has 0 aliphatic heterocycles. The number of carbonyl (C=O) groups excluding carboxylic acids is 1. The second-order valence-corrected chi connectivity index (χ2v) is 4.27. The van der Waals surface area contributed by atoms with E-state index in [0.717, 1.165) is 11.1 Å². The van der Waals surface area contributed by atoms with Crippen LogP contribution in [0, 0.1) is 0 Å². The molecule has 1 aromatic carbocycles. The summed E-state index contributed by atoms with van der Waals surface area (Å²) in [5, 5.41) is 0. The number of carbonyl (C=O) groups is 1. The van der Waals surface area contributed by atoms with Crippen molar-refractivity contribution >= 4 is 5.97 Å². The van der Waals surface area contributed by atoms with Crippen molar-refractivity contribution in [1.29, 1.82) is 0 Å². The monoisotopic (exact) mass is 249 g/mol. The molecule has 1 atom stereocenters. The number of hydrogen-bond acceptors (Lipinski definition) is 4. The van der Waals surface area contributed by atoms with Gasteiger partial charge in [0.2, 0.25) is 0 Å². The normalized spacial score (nSPS) is 11.8. The summed E-state index contributed by atoms with van der Waals surface area (Å²) in [4.78, 5) is 10.9. The van der Waals surface area contributed by atoms with Crippen LogP contribution in [0.1, 0.15) is 31.9 Å². The van der Waals surface area contributed by atoms with E-state index in [4.69, 9.17) is 15.2 Å². The molecule has 18 heavy (non-hydrogen) atoms. The van der Waals surface area contributed by atoms with Crippen LogP contribution in [0.5, 0.6) is 11.5 Å². The summed E-state index contributed by atoms with van der Waals surface area (Å²) in [5.74, 6) is 0.517. The molecule has 1 rings (SSSR count). The lowest BCUT2D eigenvalue weighted by molar-refractivity contribution is -0.132. The first-order valence-corrected chi connectivity index (χ1v) is 5.70. The van der Waals surface area contributed by atoms with E-state index in [1.54, 1.807) is 12.1 Å². The molecule has 0 unspecified atom stereocenters. The third kappa shape index (κ3) is 3.89. The van der Waals surface area contributed by atoms with Gasteiger partial charge in [0.05, 0.1) is 7.11 Å². The fourth-order valence-corrected chi connectivity index (χ4v) is 1.65. The van der Waals surface area contributed by atoms with Gasteiger partial charge in [0.1, 0.15) is 0 Å². The molecule has 0 aliphatic carbocycles. The van der Waals surface area contributed by atoms with Gasteiger partial charge in [0, 0.05) is 13.0 Å². The van der Waals surface area contributed by atoms with Gasteiger partial charge in [-0.3, -0.25) is 4.79 Å². The highest BCUT2D eigenvalue weighted by atomic mass is 16.6. The molecule has 98 valence electrons. The molecular formula is C14H19NO3. The number of benzene rings is 1. The van der Waals surface area contributed by atoms with E-state index in [-0.39, 0.29) is 12.0 Å². The molecule has 0 saturated carbocycles. The van der Waals surface area contributed by atoms with E-state index in [1.165, 1.54) is 14.0 Å². The molecule has 0 radical (unpaired) electrons. The van der Waals surface area contributed by atoms with Crippen LogP contribution >= 0.6 is 0 Å². The molecule has 2 N–H and O–H groups in total. The average molecular weight is 249 g/mol. The van der Waals surface area contributed by atoms with Crippen molar-refractivity contribution in [1.82, 2.24) is 0 Å². The third-order valence-corrected chi connectivity index (χ3v) is 2.44. The quantitative estimate of drug-likeness (QED) is 0.495. The smallest absolute Gasteiger partial charge is 0.308 e. The van der Waals surface area contributed by atoms with Gasteiger partial charge in [-0.25, -0.2) is 0 Å². The summed E-state index contributed by atoms with van der Waals surface area (Å²) in [7, 11) is 1.52. The number of rotatable bonds is 5. The molecule has 4 heteroatoms. The molecule has 1 aromatic rings. The summed E-state index contributed by atoms with van der Waals surface area (Å²) in [5.41, 5.74) is 7.99. The molecule has 0 saturated heterocycles. The van der Waals surface area contributed by atoms with Crippen LogP contribution in [0.2, 0.25) is 0 Å². The minimum Gasteiger partial charge on any atom is -0.493 e. The topological polar surface area (TPSA) is 61.5 Å².